The maximum Gasteiger partial charge on any atom is 0.133 e. The maximum atomic E-state index is 11.8. The molecule has 0 fully saturated rings. The quantitative estimate of drug-likeness (QED) is 0.754. The molecule has 2 nitrogen and oxygen atoms in total. The van der Waals surface area contributed by atoms with Gasteiger partial charge in [0.1, 0.15) is 5.78 Å². The van der Waals surface area contributed by atoms with Crippen molar-refractivity contribution in [1.82, 2.24) is 4.98 Å². The van der Waals surface area contributed by atoms with Crippen molar-refractivity contribution in [3.63, 3.8) is 0 Å². The van der Waals surface area contributed by atoms with Crippen LogP contribution in [0.4, 0.5) is 0 Å². The highest BCUT2D eigenvalue weighted by molar-refractivity contribution is 5.78. The van der Waals surface area contributed by atoms with E-state index in [0.29, 0.717) is 18.6 Å². The molecule has 2 aromatic rings. The number of carbonyl (C=O) groups is 1. The molecule has 0 saturated carbocycles. The molecule has 0 N–H and O–H groups in total. The van der Waals surface area contributed by atoms with Gasteiger partial charge in [0.05, 0.1) is 0 Å². The van der Waals surface area contributed by atoms with Gasteiger partial charge in [0.2, 0.25) is 0 Å². The summed E-state index contributed by atoms with van der Waals surface area (Å²) in [5.74, 6) is 0.347. The first kappa shape index (κ1) is 13.5. The van der Waals surface area contributed by atoms with Gasteiger partial charge in [0.15, 0.2) is 0 Å². The Morgan fingerprint density at radius 1 is 0.895 bits per heavy atom. The van der Waals surface area contributed by atoms with Gasteiger partial charge in [-0.3, -0.25) is 9.78 Å². The lowest BCUT2D eigenvalue weighted by molar-refractivity contribution is -0.119. The van der Waals surface area contributed by atoms with Crippen LogP contribution in [-0.4, -0.2) is 10.8 Å². The van der Waals surface area contributed by atoms with Crippen LogP contribution in [0.1, 0.15) is 30.4 Å². The molecule has 19 heavy (non-hydrogen) atoms. The predicted octanol–water partition coefficient (Wildman–Crippen LogP) is 3.61. The topological polar surface area (TPSA) is 30.0 Å². The largest absolute Gasteiger partial charge is 0.300 e. The summed E-state index contributed by atoms with van der Waals surface area (Å²) in [7, 11) is 0. The molecule has 0 aliphatic heterocycles. The predicted molar refractivity (Wildman–Crippen MR) is 76.9 cm³/mol. The van der Waals surface area contributed by atoms with E-state index in [1.165, 1.54) is 5.56 Å². The third-order valence-corrected chi connectivity index (χ3v) is 3.18. The van der Waals surface area contributed by atoms with Crippen molar-refractivity contribution in [3.05, 3.63) is 66.0 Å². The van der Waals surface area contributed by atoms with Gasteiger partial charge in [0.25, 0.3) is 0 Å². The van der Waals surface area contributed by atoms with Gasteiger partial charge in [-0.2, -0.15) is 0 Å². The molecule has 0 bridgehead atoms. The lowest BCUT2D eigenvalue weighted by Crippen LogP contribution is -2.01. The van der Waals surface area contributed by atoms with Crippen molar-refractivity contribution in [3.8, 4) is 0 Å². The fourth-order valence-corrected chi connectivity index (χ4v) is 2.09. The van der Waals surface area contributed by atoms with Crippen LogP contribution >= 0.6 is 0 Å². The van der Waals surface area contributed by atoms with Crippen molar-refractivity contribution in [2.24, 2.45) is 0 Å². The van der Waals surface area contributed by atoms with Crippen LogP contribution in [0.5, 0.6) is 0 Å². The zero-order valence-corrected chi connectivity index (χ0v) is 11.1. The molecule has 0 amide bonds. The number of hydrogen-bond acceptors (Lipinski definition) is 2. The maximum absolute atomic E-state index is 11.8. The molecule has 0 spiro atoms. The number of hydrogen-bond donors (Lipinski definition) is 0. The van der Waals surface area contributed by atoms with Crippen LogP contribution in [0.3, 0.4) is 0 Å². The fourth-order valence-electron chi connectivity index (χ4n) is 2.09. The number of Topliss-reactive ketones (excluding diaryl/α,β-unsaturated/α-hetero) is 1. The Morgan fingerprint density at radius 3 is 2.42 bits per heavy atom. The zero-order valence-electron chi connectivity index (χ0n) is 11.1. The van der Waals surface area contributed by atoms with E-state index in [1.54, 1.807) is 6.20 Å². The Bertz CT molecular complexity index is 493. The number of benzene rings is 1. The molecular weight excluding hydrogens is 234 g/mol. The van der Waals surface area contributed by atoms with E-state index >= 15 is 0 Å². The Labute approximate surface area is 114 Å². The van der Waals surface area contributed by atoms with Crippen LogP contribution in [-0.2, 0) is 17.6 Å². The smallest absolute Gasteiger partial charge is 0.133 e. The molecule has 0 aliphatic rings. The van der Waals surface area contributed by atoms with Crippen molar-refractivity contribution in [2.75, 3.05) is 0 Å². The summed E-state index contributed by atoms with van der Waals surface area (Å²) in [5.41, 5.74) is 2.45. The normalized spacial score (nSPS) is 10.3. The fraction of sp³-hybridized carbons (Fsp3) is 0.294. The van der Waals surface area contributed by atoms with Crippen LogP contribution in [0.2, 0.25) is 0 Å². The molecule has 0 atom stereocenters. The third-order valence-electron chi connectivity index (χ3n) is 3.18. The SMILES string of the molecule is O=C(CCCc1ccccc1)CCc1cccnc1. The second-order valence-corrected chi connectivity index (χ2v) is 4.74. The van der Waals surface area contributed by atoms with Gasteiger partial charge in [-0.15, -0.1) is 0 Å². The van der Waals surface area contributed by atoms with Crippen LogP contribution in [0, 0.1) is 0 Å². The highest BCUT2D eigenvalue weighted by atomic mass is 16.1. The Balaban J connectivity index is 1.65. The lowest BCUT2D eigenvalue weighted by atomic mass is 10.0. The minimum atomic E-state index is 0.347. The first-order valence-corrected chi connectivity index (χ1v) is 6.79. The molecule has 98 valence electrons. The lowest BCUT2D eigenvalue weighted by Gasteiger charge is -2.02. The minimum Gasteiger partial charge on any atom is -0.300 e. The summed E-state index contributed by atoms with van der Waals surface area (Å²) in [6, 6.07) is 14.3. The molecule has 1 aromatic carbocycles. The van der Waals surface area contributed by atoms with Gasteiger partial charge in [-0.1, -0.05) is 36.4 Å². The van der Waals surface area contributed by atoms with E-state index in [2.05, 4.69) is 17.1 Å². The molecular formula is C17H19NO. The minimum absolute atomic E-state index is 0.347. The number of rotatable bonds is 7. The van der Waals surface area contributed by atoms with E-state index in [0.717, 1.165) is 24.8 Å². The first-order valence-electron chi connectivity index (χ1n) is 6.79. The highest BCUT2D eigenvalue weighted by Crippen LogP contribution is 2.08. The Kier molecular flexibility index (Phi) is 5.30. The summed E-state index contributed by atoms with van der Waals surface area (Å²) in [6.45, 7) is 0. The van der Waals surface area contributed by atoms with Gasteiger partial charge in [0, 0.05) is 25.2 Å². The van der Waals surface area contributed by atoms with E-state index in [4.69, 9.17) is 0 Å². The second-order valence-electron chi connectivity index (χ2n) is 4.74. The molecule has 1 heterocycles. The molecule has 0 radical (unpaired) electrons. The number of ketones is 1. The zero-order chi connectivity index (χ0) is 13.3. The van der Waals surface area contributed by atoms with Crippen molar-refractivity contribution in [1.29, 1.82) is 0 Å². The number of aryl methyl sites for hydroxylation is 2. The molecule has 1 aromatic heterocycles. The van der Waals surface area contributed by atoms with Crippen molar-refractivity contribution in [2.45, 2.75) is 32.1 Å². The second kappa shape index (κ2) is 7.47. The Morgan fingerprint density at radius 2 is 1.68 bits per heavy atom. The monoisotopic (exact) mass is 253 g/mol. The van der Waals surface area contributed by atoms with Gasteiger partial charge in [-0.25, -0.2) is 0 Å². The van der Waals surface area contributed by atoms with Crippen molar-refractivity contribution >= 4 is 5.78 Å². The standard InChI is InChI=1S/C17H19NO/c19-17(12-11-16-9-5-13-18-14-16)10-4-8-15-6-2-1-3-7-15/h1-3,5-7,9,13-14H,4,8,10-12H2. The molecule has 0 aliphatic carbocycles. The number of aromatic nitrogens is 1. The van der Waals surface area contributed by atoms with Crippen LogP contribution < -0.4 is 0 Å². The average molecular weight is 253 g/mol. The third kappa shape index (κ3) is 5.04. The first-order chi connectivity index (χ1) is 9.34. The highest BCUT2D eigenvalue weighted by Gasteiger charge is 2.03. The summed E-state index contributed by atoms with van der Waals surface area (Å²) in [6.07, 6.45) is 7.62. The molecule has 0 saturated heterocycles. The van der Waals surface area contributed by atoms with Gasteiger partial charge >= 0.3 is 0 Å². The number of pyridine rings is 1. The van der Waals surface area contributed by atoms with E-state index < -0.39 is 0 Å². The number of carbonyl (C=O) groups excluding carboxylic acids is 1. The van der Waals surface area contributed by atoms with Gasteiger partial charge in [-0.05, 0) is 36.5 Å². The molecule has 0 unspecified atom stereocenters. The van der Waals surface area contributed by atoms with E-state index in [-0.39, 0.29) is 0 Å². The van der Waals surface area contributed by atoms with E-state index in [1.807, 2.05) is 36.5 Å². The van der Waals surface area contributed by atoms with Crippen molar-refractivity contribution < 1.29 is 4.79 Å². The summed E-state index contributed by atoms with van der Waals surface area (Å²) in [5, 5.41) is 0. The molecule has 2 rings (SSSR count). The van der Waals surface area contributed by atoms with Gasteiger partial charge < -0.3 is 0 Å². The van der Waals surface area contributed by atoms with E-state index in [9.17, 15) is 4.79 Å². The Hall–Kier alpha value is -1.96. The summed E-state index contributed by atoms with van der Waals surface area (Å²) >= 11 is 0. The van der Waals surface area contributed by atoms with Crippen LogP contribution in [0.15, 0.2) is 54.9 Å². The number of nitrogens with zero attached hydrogens (tertiary/aromatic N) is 1. The summed E-state index contributed by atoms with van der Waals surface area (Å²) in [4.78, 5) is 15.8. The molecule has 2 heteroatoms. The van der Waals surface area contributed by atoms with Crippen LogP contribution in [0.25, 0.3) is 0 Å². The average Bonchev–Trinajstić information content (AvgIpc) is 2.47. The summed E-state index contributed by atoms with van der Waals surface area (Å²) < 4.78 is 0.